The zero-order chi connectivity index (χ0) is 23.0. The van der Waals surface area contributed by atoms with Crippen LogP contribution in [0.4, 0.5) is 0 Å². The molecule has 0 aliphatic carbocycles. The van der Waals surface area contributed by atoms with Gasteiger partial charge in [0.15, 0.2) is 5.78 Å². The van der Waals surface area contributed by atoms with Crippen LogP contribution in [-0.2, 0) is 11.3 Å². The summed E-state index contributed by atoms with van der Waals surface area (Å²) in [7, 11) is 1.35. The molecule has 4 rings (SSSR count). The van der Waals surface area contributed by atoms with Gasteiger partial charge in [0.2, 0.25) is 0 Å². The number of methoxy groups -OCH3 is 1. The van der Waals surface area contributed by atoms with Crippen molar-refractivity contribution in [1.29, 1.82) is 0 Å². The van der Waals surface area contributed by atoms with Gasteiger partial charge in [-0.1, -0.05) is 54.6 Å². The number of aromatic amines is 1. The Kier molecular flexibility index (Phi) is 6.75. The number of Topliss-reactive ketones (excluding diaryl/α,β-unsaturated/α-hetero) is 1. The van der Waals surface area contributed by atoms with E-state index in [0.717, 1.165) is 11.1 Å². The van der Waals surface area contributed by atoms with Gasteiger partial charge in [0.25, 0.3) is 0 Å². The molecular formula is C27H22N2O4. The summed E-state index contributed by atoms with van der Waals surface area (Å²) in [5.41, 5.74) is 3.35. The number of ether oxygens (including phenoxy) is 2. The van der Waals surface area contributed by atoms with E-state index in [9.17, 15) is 9.59 Å². The minimum atomic E-state index is -0.370. The number of benzene rings is 3. The summed E-state index contributed by atoms with van der Waals surface area (Å²) in [4.78, 5) is 31.9. The monoisotopic (exact) mass is 438 g/mol. The van der Waals surface area contributed by atoms with E-state index in [1.165, 1.54) is 7.11 Å². The molecule has 6 nitrogen and oxygen atoms in total. The lowest BCUT2D eigenvalue weighted by molar-refractivity contribution is 0.0600. The quantitative estimate of drug-likeness (QED) is 0.232. The molecule has 0 amide bonds. The first-order chi connectivity index (χ1) is 16.1. The van der Waals surface area contributed by atoms with Crippen molar-refractivity contribution in [1.82, 2.24) is 9.97 Å². The van der Waals surface area contributed by atoms with Crippen molar-refractivity contribution >= 4 is 23.4 Å². The van der Waals surface area contributed by atoms with Gasteiger partial charge in [-0.3, -0.25) is 4.79 Å². The maximum absolute atomic E-state index is 13.1. The third-order valence-corrected chi connectivity index (χ3v) is 5.01. The second kappa shape index (κ2) is 10.2. The van der Waals surface area contributed by atoms with Crippen molar-refractivity contribution in [2.24, 2.45) is 0 Å². The highest BCUT2D eigenvalue weighted by Crippen LogP contribution is 2.22. The molecule has 0 atom stereocenters. The number of esters is 1. The minimum Gasteiger partial charge on any atom is -0.489 e. The number of aromatic nitrogens is 2. The third-order valence-electron chi connectivity index (χ3n) is 5.01. The molecule has 33 heavy (non-hydrogen) atoms. The number of imidazole rings is 1. The average molecular weight is 438 g/mol. The number of hydrogen-bond acceptors (Lipinski definition) is 5. The summed E-state index contributed by atoms with van der Waals surface area (Å²) in [6.07, 6.45) is 5.12. The molecule has 0 aliphatic heterocycles. The van der Waals surface area contributed by atoms with Gasteiger partial charge in [0.1, 0.15) is 18.2 Å². The molecule has 164 valence electrons. The first kappa shape index (κ1) is 21.8. The predicted molar refractivity (Wildman–Crippen MR) is 126 cm³/mol. The van der Waals surface area contributed by atoms with E-state index >= 15 is 0 Å². The molecule has 6 heteroatoms. The van der Waals surface area contributed by atoms with E-state index in [1.807, 2.05) is 60.7 Å². The van der Waals surface area contributed by atoms with Gasteiger partial charge in [-0.15, -0.1) is 0 Å². The van der Waals surface area contributed by atoms with Crippen LogP contribution in [0.15, 0.2) is 91.3 Å². The molecule has 3 aromatic carbocycles. The van der Waals surface area contributed by atoms with Crippen LogP contribution in [0.25, 0.3) is 11.6 Å². The summed E-state index contributed by atoms with van der Waals surface area (Å²) < 4.78 is 10.6. The number of nitrogens with zero attached hydrogens (tertiary/aromatic N) is 1. The number of rotatable bonds is 8. The number of carbonyl (C=O) groups is 2. The van der Waals surface area contributed by atoms with Crippen molar-refractivity contribution in [3.05, 3.63) is 119 Å². The van der Waals surface area contributed by atoms with Crippen molar-refractivity contribution in [2.45, 2.75) is 6.61 Å². The molecule has 4 aromatic rings. The molecular weight excluding hydrogens is 416 g/mol. The van der Waals surface area contributed by atoms with Gasteiger partial charge in [-0.25, -0.2) is 9.78 Å². The fourth-order valence-corrected chi connectivity index (χ4v) is 3.25. The van der Waals surface area contributed by atoms with E-state index in [1.54, 1.807) is 36.7 Å². The summed E-state index contributed by atoms with van der Waals surface area (Å²) in [5.74, 6) is 0.727. The Bertz CT molecular complexity index is 1240. The van der Waals surface area contributed by atoms with Crippen LogP contribution in [0.1, 0.15) is 37.7 Å². The smallest absolute Gasteiger partial charge is 0.337 e. The summed E-state index contributed by atoms with van der Waals surface area (Å²) >= 11 is 0. The van der Waals surface area contributed by atoms with E-state index in [-0.39, 0.29) is 11.8 Å². The van der Waals surface area contributed by atoms with Crippen molar-refractivity contribution < 1.29 is 19.1 Å². The van der Waals surface area contributed by atoms with E-state index < -0.39 is 0 Å². The van der Waals surface area contributed by atoms with Gasteiger partial charge in [0, 0.05) is 18.0 Å². The lowest BCUT2D eigenvalue weighted by Crippen LogP contribution is -2.04. The molecule has 0 saturated heterocycles. The van der Waals surface area contributed by atoms with Gasteiger partial charge >= 0.3 is 5.97 Å². The van der Waals surface area contributed by atoms with E-state index in [4.69, 9.17) is 9.47 Å². The molecule has 0 unspecified atom stereocenters. The Balaban J connectivity index is 1.48. The first-order valence-corrected chi connectivity index (χ1v) is 10.4. The van der Waals surface area contributed by atoms with Crippen LogP contribution in [0.2, 0.25) is 0 Å². The highest BCUT2D eigenvalue weighted by Gasteiger charge is 2.16. The van der Waals surface area contributed by atoms with E-state index in [2.05, 4.69) is 9.97 Å². The highest BCUT2D eigenvalue weighted by molar-refractivity contribution is 6.31. The van der Waals surface area contributed by atoms with Crippen LogP contribution < -0.4 is 4.74 Å². The minimum absolute atomic E-state index is 0.110. The second-order valence-corrected chi connectivity index (χ2v) is 7.24. The molecule has 1 aromatic heterocycles. The van der Waals surface area contributed by atoms with Gasteiger partial charge in [-0.2, -0.15) is 0 Å². The maximum Gasteiger partial charge on any atom is 0.337 e. The van der Waals surface area contributed by atoms with Crippen LogP contribution in [0, 0.1) is 0 Å². The molecule has 0 spiro atoms. The Morgan fingerprint density at radius 2 is 1.64 bits per heavy atom. The Morgan fingerprint density at radius 3 is 2.27 bits per heavy atom. The highest BCUT2D eigenvalue weighted by atomic mass is 16.5. The Labute approximate surface area is 191 Å². The molecule has 0 fully saturated rings. The number of carbonyl (C=O) groups excluding carboxylic acids is 2. The SMILES string of the molecule is COC(=O)c1ccc(COc2ccc(/C=C(/C(=O)c3ccccc3)c3ncc[nH]3)cc2)cc1. The van der Waals surface area contributed by atoms with Crippen molar-refractivity contribution in [3.8, 4) is 5.75 Å². The second-order valence-electron chi connectivity index (χ2n) is 7.24. The summed E-state index contributed by atoms with van der Waals surface area (Å²) in [6, 6.07) is 23.7. The van der Waals surface area contributed by atoms with Gasteiger partial charge in [0.05, 0.1) is 18.2 Å². The fourth-order valence-electron chi connectivity index (χ4n) is 3.25. The topological polar surface area (TPSA) is 81.3 Å². The largest absolute Gasteiger partial charge is 0.489 e. The van der Waals surface area contributed by atoms with E-state index in [0.29, 0.717) is 34.9 Å². The van der Waals surface area contributed by atoms with Crippen LogP contribution >= 0.6 is 0 Å². The zero-order valence-electron chi connectivity index (χ0n) is 18.0. The average Bonchev–Trinajstić information content (AvgIpc) is 3.41. The summed E-state index contributed by atoms with van der Waals surface area (Å²) in [6.45, 7) is 0.362. The van der Waals surface area contributed by atoms with Gasteiger partial charge in [-0.05, 0) is 41.5 Å². The lowest BCUT2D eigenvalue weighted by atomic mass is 10.0. The molecule has 0 aliphatic rings. The molecule has 0 radical (unpaired) electrons. The molecule has 1 N–H and O–H groups in total. The number of nitrogens with one attached hydrogen (secondary N) is 1. The third kappa shape index (κ3) is 5.43. The van der Waals surface area contributed by atoms with Crippen LogP contribution in [0.5, 0.6) is 5.75 Å². The predicted octanol–water partition coefficient (Wildman–Crippen LogP) is 5.20. The number of H-pyrrole nitrogens is 1. The molecule has 1 heterocycles. The normalized spacial score (nSPS) is 11.1. The number of hydrogen-bond donors (Lipinski definition) is 1. The zero-order valence-corrected chi connectivity index (χ0v) is 18.0. The first-order valence-electron chi connectivity index (χ1n) is 10.4. The number of allylic oxidation sites excluding steroid dienone is 1. The van der Waals surface area contributed by atoms with Gasteiger partial charge < -0.3 is 14.5 Å². The standard InChI is InChI=1S/C27H22N2O4/c1-32-27(31)22-11-7-20(8-12-22)18-33-23-13-9-19(10-14-23)17-24(26-28-15-16-29-26)25(30)21-5-3-2-4-6-21/h2-17H,18H2,1H3,(H,28,29)/b24-17-. The fraction of sp³-hybridized carbons (Fsp3) is 0.0741. The van der Waals surface area contributed by atoms with Crippen LogP contribution in [0.3, 0.4) is 0 Å². The van der Waals surface area contributed by atoms with Crippen LogP contribution in [-0.4, -0.2) is 28.8 Å². The number of ketones is 1. The molecule has 0 bridgehead atoms. The Hall–Kier alpha value is -4.45. The maximum atomic E-state index is 13.1. The molecule has 0 saturated carbocycles. The summed E-state index contributed by atoms with van der Waals surface area (Å²) in [5, 5.41) is 0. The lowest BCUT2D eigenvalue weighted by Gasteiger charge is -2.08. The Morgan fingerprint density at radius 1 is 0.909 bits per heavy atom. The van der Waals surface area contributed by atoms with Crippen molar-refractivity contribution in [2.75, 3.05) is 7.11 Å². The van der Waals surface area contributed by atoms with Crippen molar-refractivity contribution in [3.63, 3.8) is 0 Å².